The van der Waals surface area contributed by atoms with Gasteiger partial charge in [0.1, 0.15) is 0 Å². The second-order valence-electron chi connectivity index (χ2n) is 4.43. The zero-order valence-corrected chi connectivity index (χ0v) is 12.3. The number of halogens is 3. The van der Waals surface area contributed by atoms with Gasteiger partial charge in [-0.1, -0.05) is 11.6 Å². The third-order valence-corrected chi connectivity index (χ3v) is 4.45. The average molecular weight is 344 g/mol. The highest BCUT2D eigenvalue weighted by molar-refractivity contribution is 7.92. The molecular formula is C13H8ClF2N3O2S. The van der Waals surface area contributed by atoms with Gasteiger partial charge < -0.3 is 4.98 Å². The van der Waals surface area contributed by atoms with Crippen LogP contribution in [0.4, 0.5) is 14.5 Å². The lowest BCUT2D eigenvalue weighted by atomic mass is 10.2. The van der Waals surface area contributed by atoms with E-state index >= 15 is 0 Å². The lowest BCUT2D eigenvalue weighted by molar-refractivity contribution is 0.511. The van der Waals surface area contributed by atoms with Gasteiger partial charge in [0.15, 0.2) is 16.7 Å². The minimum absolute atomic E-state index is 0.0886. The van der Waals surface area contributed by atoms with Crippen LogP contribution in [0.25, 0.3) is 10.9 Å². The van der Waals surface area contributed by atoms with Crippen LogP contribution >= 0.6 is 11.6 Å². The van der Waals surface area contributed by atoms with Gasteiger partial charge in [-0.3, -0.25) is 4.72 Å². The summed E-state index contributed by atoms with van der Waals surface area (Å²) >= 11 is 5.65. The van der Waals surface area contributed by atoms with Crippen molar-refractivity contribution in [3.05, 3.63) is 53.3 Å². The standard InChI is InChI=1S/C13H8ClF2N3O2S/c14-7-1-2-13(18-5-7)22(20,21)19-12-6-17-11-4-10(16)9(15)3-8(11)12/h1-6,17,19H. The SMILES string of the molecule is O=S(=O)(Nc1c[nH]c2cc(F)c(F)cc12)c1ccc(Cl)cn1. The molecule has 1 aromatic carbocycles. The maximum absolute atomic E-state index is 13.3. The van der Waals surface area contributed by atoms with Crippen molar-refractivity contribution in [3.8, 4) is 0 Å². The van der Waals surface area contributed by atoms with Crippen molar-refractivity contribution < 1.29 is 17.2 Å². The van der Waals surface area contributed by atoms with E-state index in [4.69, 9.17) is 11.6 Å². The Hall–Kier alpha value is -2.19. The molecule has 0 aliphatic rings. The monoisotopic (exact) mass is 343 g/mol. The molecule has 2 aromatic heterocycles. The normalized spacial score (nSPS) is 11.8. The molecular weight excluding hydrogens is 336 g/mol. The number of sulfonamides is 1. The van der Waals surface area contributed by atoms with Crippen LogP contribution in [0.15, 0.2) is 41.7 Å². The maximum Gasteiger partial charge on any atom is 0.279 e. The number of hydrogen-bond acceptors (Lipinski definition) is 3. The number of pyridine rings is 1. The average Bonchev–Trinajstić information content (AvgIpc) is 2.82. The molecule has 0 bridgehead atoms. The molecule has 0 spiro atoms. The van der Waals surface area contributed by atoms with Crippen LogP contribution in [0.3, 0.4) is 0 Å². The van der Waals surface area contributed by atoms with Crippen molar-refractivity contribution in [1.82, 2.24) is 9.97 Å². The van der Waals surface area contributed by atoms with Crippen molar-refractivity contribution in [1.29, 1.82) is 0 Å². The third kappa shape index (κ3) is 2.62. The molecule has 0 atom stereocenters. The Morgan fingerprint density at radius 2 is 1.91 bits per heavy atom. The molecule has 0 radical (unpaired) electrons. The van der Waals surface area contributed by atoms with E-state index in [0.717, 1.165) is 12.1 Å². The van der Waals surface area contributed by atoms with E-state index in [9.17, 15) is 17.2 Å². The van der Waals surface area contributed by atoms with Gasteiger partial charge >= 0.3 is 0 Å². The van der Waals surface area contributed by atoms with Crippen LogP contribution in [0, 0.1) is 11.6 Å². The van der Waals surface area contributed by atoms with Gasteiger partial charge in [-0.15, -0.1) is 0 Å². The van der Waals surface area contributed by atoms with E-state index in [-0.39, 0.29) is 21.6 Å². The van der Waals surface area contributed by atoms with E-state index in [0.29, 0.717) is 5.02 Å². The molecule has 0 fully saturated rings. The summed E-state index contributed by atoms with van der Waals surface area (Å²) < 4.78 is 53.1. The largest absolute Gasteiger partial charge is 0.359 e. The molecule has 5 nitrogen and oxygen atoms in total. The number of aromatic nitrogens is 2. The summed E-state index contributed by atoms with van der Waals surface area (Å²) in [5.41, 5.74) is 0.353. The summed E-state index contributed by atoms with van der Waals surface area (Å²) in [6, 6.07) is 4.48. The van der Waals surface area contributed by atoms with Crippen molar-refractivity contribution in [2.24, 2.45) is 0 Å². The zero-order valence-electron chi connectivity index (χ0n) is 10.8. The predicted octanol–water partition coefficient (Wildman–Crippen LogP) is 3.30. The quantitative estimate of drug-likeness (QED) is 0.766. The highest BCUT2D eigenvalue weighted by Crippen LogP contribution is 2.27. The number of nitrogens with one attached hydrogen (secondary N) is 2. The smallest absolute Gasteiger partial charge is 0.279 e. The molecule has 114 valence electrons. The number of nitrogens with zero attached hydrogens (tertiary/aromatic N) is 1. The number of H-pyrrole nitrogens is 1. The lowest BCUT2D eigenvalue weighted by Gasteiger charge is -2.06. The summed E-state index contributed by atoms with van der Waals surface area (Å²) in [6.07, 6.45) is 2.50. The Balaban J connectivity index is 2.02. The van der Waals surface area contributed by atoms with Gasteiger partial charge in [-0.25, -0.2) is 13.8 Å². The minimum Gasteiger partial charge on any atom is -0.359 e. The van der Waals surface area contributed by atoms with E-state index in [1.54, 1.807) is 0 Å². The highest BCUT2D eigenvalue weighted by Gasteiger charge is 2.18. The predicted molar refractivity (Wildman–Crippen MR) is 78.3 cm³/mol. The first-order valence-corrected chi connectivity index (χ1v) is 7.83. The molecule has 0 saturated heterocycles. The van der Waals surface area contributed by atoms with Gasteiger partial charge in [0.2, 0.25) is 0 Å². The Morgan fingerprint density at radius 1 is 1.18 bits per heavy atom. The van der Waals surface area contributed by atoms with E-state index in [1.165, 1.54) is 24.5 Å². The van der Waals surface area contributed by atoms with Crippen LogP contribution in [-0.4, -0.2) is 18.4 Å². The molecule has 22 heavy (non-hydrogen) atoms. The van der Waals surface area contributed by atoms with Crippen molar-refractivity contribution >= 4 is 38.2 Å². The molecule has 0 aliphatic heterocycles. The molecule has 2 heterocycles. The van der Waals surface area contributed by atoms with Gasteiger partial charge in [0, 0.05) is 23.8 Å². The topological polar surface area (TPSA) is 74.8 Å². The second-order valence-corrected chi connectivity index (χ2v) is 6.50. The first-order chi connectivity index (χ1) is 10.4. The molecule has 9 heteroatoms. The highest BCUT2D eigenvalue weighted by atomic mass is 35.5. The van der Waals surface area contributed by atoms with Gasteiger partial charge in [-0.05, 0) is 18.2 Å². The summed E-state index contributed by atoms with van der Waals surface area (Å²) in [5.74, 6) is -2.10. The molecule has 3 aromatic rings. The lowest BCUT2D eigenvalue weighted by Crippen LogP contribution is -2.14. The van der Waals surface area contributed by atoms with Crippen molar-refractivity contribution in [3.63, 3.8) is 0 Å². The molecule has 0 unspecified atom stereocenters. The zero-order chi connectivity index (χ0) is 15.9. The first kappa shape index (κ1) is 14.7. The molecule has 2 N–H and O–H groups in total. The summed E-state index contributed by atoms with van der Waals surface area (Å²) in [5, 5.41) is 0.258. The fourth-order valence-corrected chi connectivity index (χ4v) is 3.03. The Bertz CT molecular complexity index is 955. The van der Waals surface area contributed by atoms with Crippen molar-refractivity contribution in [2.75, 3.05) is 4.72 Å². The number of fused-ring (bicyclic) bond motifs is 1. The maximum atomic E-state index is 13.3. The molecule has 0 aliphatic carbocycles. The van der Waals surface area contributed by atoms with Crippen LogP contribution in [-0.2, 0) is 10.0 Å². The number of rotatable bonds is 3. The Morgan fingerprint density at radius 3 is 2.59 bits per heavy atom. The fraction of sp³-hybridized carbons (Fsp3) is 0. The van der Waals surface area contributed by atoms with Gasteiger partial charge in [0.05, 0.1) is 16.2 Å². The van der Waals surface area contributed by atoms with E-state index in [1.807, 2.05) is 0 Å². The summed E-state index contributed by atoms with van der Waals surface area (Å²) in [4.78, 5) is 6.38. The summed E-state index contributed by atoms with van der Waals surface area (Å²) in [6.45, 7) is 0. The van der Waals surface area contributed by atoms with Crippen LogP contribution in [0.5, 0.6) is 0 Å². The minimum atomic E-state index is -3.97. The summed E-state index contributed by atoms with van der Waals surface area (Å²) in [7, 11) is -3.97. The van der Waals surface area contributed by atoms with Crippen molar-refractivity contribution in [2.45, 2.75) is 5.03 Å². The van der Waals surface area contributed by atoms with E-state index in [2.05, 4.69) is 14.7 Å². The molecule has 3 rings (SSSR count). The van der Waals surface area contributed by atoms with Crippen LogP contribution in [0.1, 0.15) is 0 Å². The van der Waals surface area contributed by atoms with Crippen LogP contribution < -0.4 is 4.72 Å². The van der Waals surface area contributed by atoms with Gasteiger partial charge in [0.25, 0.3) is 10.0 Å². The Labute approximate surface area is 129 Å². The van der Waals surface area contributed by atoms with Crippen LogP contribution in [0.2, 0.25) is 5.02 Å². The molecule has 0 amide bonds. The first-order valence-electron chi connectivity index (χ1n) is 5.97. The number of aromatic amines is 1. The second kappa shape index (κ2) is 5.22. The van der Waals surface area contributed by atoms with E-state index < -0.39 is 21.7 Å². The number of anilines is 1. The van der Waals surface area contributed by atoms with Gasteiger partial charge in [-0.2, -0.15) is 8.42 Å². The molecule has 0 saturated carbocycles. The number of hydrogen-bond donors (Lipinski definition) is 2. The number of benzene rings is 1. The fourth-order valence-electron chi connectivity index (χ4n) is 1.92. The third-order valence-electron chi connectivity index (χ3n) is 2.94. The Kier molecular flexibility index (Phi) is 3.50.